The lowest BCUT2D eigenvalue weighted by atomic mass is 10.1. The summed E-state index contributed by atoms with van der Waals surface area (Å²) < 4.78 is 0. The standard InChI is InChI=1S/C17H23N3/c1-7-13(2)10-11-14(3)20(6)19-16(5)17-9-8-12-18-15(17)4/h7-12H,3H2,1-2,4-6H3/b11-10-,13-7-,19-16+. The molecule has 0 saturated heterocycles. The highest BCUT2D eigenvalue weighted by molar-refractivity contribution is 5.99. The fourth-order valence-electron chi connectivity index (χ4n) is 1.64. The maximum Gasteiger partial charge on any atom is 0.0669 e. The average Bonchev–Trinajstić information content (AvgIpc) is 2.44. The molecule has 106 valence electrons. The Hall–Kier alpha value is -2.16. The second-order valence-electron chi connectivity index (χ2n) is 4.70. The van der Waals surface area contributed by atoms with Gasteiger partial charge in [0.15, 0.2) is 0 Å². The van der Waals surface area contributed by atoms with Gasteiger partial charge in [-0.15, -0.1) is 0 Å². The molecule has 0 bridgehead atoms. The maximum atomic E-state index is 4.55. The summed E-state index contributed by atoms with van der Waals surface area (Å²) in [4.78, 5) is 4.28. The van der Waals surface area contributed by atoms with Crippen LogP contribution in [0.2, 0.25) is 0 Å². The van der Waals surface area contributed by atoms with Crippen LogP contribution in [0.1, 0.15) is 32.0 Å². The van der Waals surface area contributed by atoms with Crippen LogP contribution in [0.5, 0.6) is 0 Å². The zero-order valence-electron chi connectivity index (χ0n) is 13.0. The van der Waals surface area contributed by atoms with Crippen molar-refractivity contribution in [2.75, 3.05) is 7.05 Å². The first kappa shape index (κ1) is 15.9. The molecule has 3 nitrogen and oxygen atoms in total. The summed E-state index contributed by atoms with van der Waals surface area (Å²) in [6.07, 6.45) is 7.83. The van der Waals surface area contributed by atoms with Crippen molar-refractivity contribution in [3.63, 3.8) is 0 Å². The van der Waals surface area contributed by atoms with E-state index in [0.29, 0.717) is 0 Å². The smallest absolute Gasteiger partial charge is 0.0669 e. The quantitative estimate of drug-likeness (QED) is 0.458. The van der Waals surface area contributed by atoms with Gasteiger partial charge in [-0.1, -0.05) is 24.3 Å². The topological polar surface area (TPSA) is 28.5 Å². The van der Waals surface area contributed by atoms with Crippen molar-refractivity contribution < 1.29 is 0 Å². The van der Waals surface area contributed by atoms with E-state index in [1.807, 2.05) is 52.1 Å². The highest BCUT2D eigenvalue weighted by atomic mass is 15.4. The van der Waals surface area contributed by atoms with Crippen molar-refractivity contribution in [2.45, 2.75) is 27.7 Å². The van der Waals surface area contributed by atoms with Crippen molar-refractivity contribution in [3.05, 3.63) is 65.7 Å². The van der Waals surface area contributed by atoms with Crippen LogP contribution in [-0.4, -0.2) is 22.8 Å². The number of likely N-dealkylation sites (N-methyl/N-ethyl adjacent to an activating group) is 1. The van der Waals surface area contributed by atoms with Gasteiger partial charge in [-0.2, -0.15) is 5.10 Å². The Morgan fingerprint density at radius 1 is 1.35 bits per heavy atom. The van der Waals surface area contributed by atoms with E-state index in [9.17, 15) is 0 Å². The lowest BCUT2D eigenvalue weighted by Gasteiger charge is -2.15. The van der Waals surface area contributed by atoms with Crippen LogP contribution in [-0.2, 0) is 0 Å². The van der Waals surface area contributed by atoms with E-state index in [4.69, 9.17) is 0 Å². The number of hydrogen-bond acceptors (Lipinski definition) is 3. The van der Waals surface area contributed by atoms with Gasteiger partial charge in [-0.3, -0.25) is 9.99 Å². The Morgan fingerprint density at radius 2 is 2.05 bits per heavy atom. The van der Waals surface area contributed by atoms with E-state index in [2.05, 4.69) is 29.7 Å². The maximum absolute atomic E-state index is 4.55. The normalized spacial score (nSPS) is 12.8. The van der Waals surface area contributed by atoms with Crippen molar-refractivity contribution in [3.8, 4) is 0 Å². The summed E-state index contributed by atoms with van der Waals surface area (Å²) >= 11 is 0. The molecule has 0 aromatic carbocycles. The van der Waals surface area contributed by atoms with Crippen molar-refractivity contribution in [1.82, 2.24) is 9.99 Å². The number of allylic oxidation sites excluding steroid dienone is 4. The summed E-state index contributed by atoms with van der Waals surface area (Å²) in [5.41, 5.74) is 5.00. The minimum absolute atomic E-state index is 0.840. The highest BCUT2D eigenvalue weighted by Gasteiger charge is 2.04. The Morgan fingerprint density at radius 3 is 2.65 bits per heavy atom. The predicted molar refractivity (Wildman–Crippen MR) is 86.7 cm³/mol. The van der Waals surface area contributed by atoms with Gasteiger partial charge < -0.3 is 0 Å². The van der Waals surface area contributed by atoms with Gasteiger partial charge >= 0.3 is 0 Å². The lowest BCUT2D eigenvalue weighted by Crippen LogP contribution is -2.12. The molecule has 3 heteroatoms. The Labute approximate surface area is 122 Å². The van der Waals surface area contributed by atoms with E-state index < -0.39 is 0 Å². The molecule has 0 N–H and O–H groups in total. The second-order valence-corrected chi connectivity index (χ2v) is 4.70. The molecule has 1 aromatic rings. The third kappa shape index (κ3) is 4.50. The molecule has 0 saturated carbocycles. The monoisotopic (exact) mass is 269 g/mol. The zero-order chi connectivity index (χ0) is 15.1. The van der Waals surface area contributed by atoms with E-state index >= 15 is 0 Å². The molecule has 0 aliphatic rings. The van der Waals surface area contributed by atoms with Crippen LogP contribution in [0.3, 0.4) is 0 Å². The van der Waals surface area contributed by atoms with Crippen LogP contribution in [0, 0.1) is 6.92 Å². The summed E-state index contributed by atoms with van der Waals surface area (Å²) in [6, 6.07) is 3.95. The number of rotatable bonds is 5. The Balaban J connectivity index is 2.86. The van der Waals surface area contributed by atoms with Gasteiger partial charge in [0.2, 0.25) is 0 Å². The van der Waals surface area contributed by atoms with E-state index in [0.717, 1.165) is 22.7 Å². The minimum atomic E-state index is 0.840. The molecule has 0 aliphatic carbocycles. The molecule has 1 aromatic heterocycles. The molecule has 0 amide bonds. The van der Waals surface area contributed by atoms with Gasteiger partial charge in [0, 0.05) is 24.5 Å². The molecule has 0 radical (unpaired) electrons. The molecular formula is C17H23N3. The minimum Gasteiger partial charge on any atom is -0.269 e. The highest BCUT2D eigenvalue weighted by Crippen LogP contribution is 2.09. The van der Waals surface area contributed by atoms with Crippen LogP contribution in [0.4, 0.5) is 0 Å². The van der Waals surface area contributed by atoms with Crippen molar-refractivity contribution >= 4 is 5.71 Å². The van der Waals surface area contributed by atoms with E-state index in [1.165, 1.54) is 5.57 Å². The van der Waals surface area contributed by atoms with Crippen molar-refractivity contribution in [1.29, 1.82) is 0 Å². The van der Waals surface area contributed by atoms with Gasteiger partial charge in [-0.05, 0) is 45.9 Å². The summed E-state index contributed by atoms with van der Waals surface area (Å²) in [7, 11) is 1.90. The largest absolute Gasteiger partial charge is 0.269 e. The van der Waals surface area contributed by atoms with Crippen LogP contribution in [0.15, 0.2) is 59.5 Å². The first-order valence-corrected chi connectivity index (χ1v) is 6.66. The molecule has 1 rings (SSSR count). The summed E-state index contributed by atoms with van der Waals surface area (Å²) in [5, 5.41) is 6.33. The molecule has 20 heavy (non-hydrogen) atoms. The van der Waals surface area contributed by atoms with Crippen LogP contribution in [0.25, 0.3) is 0 Å². The number of aromatic nitrogens is 1. The average molecular weight is 269 g/mol. The number of pyridine rings is 1. The molecule has 1 heterocycles. The summed E-state index contributed by atoms with van der Waals surface area (Å²) in [6.45, 7) is 12.1. The molecule has 0 unspecified atom stereocenters. The molecule has 0 aliphatic heterocycles. The van der Waals surface area contributed by atoms with Crippen molar-refractivity contribution in [2.24, 2.45) is 5.10 Å². The number of hydrazone groups is 1. The third-order valence-corrected chi connectivity index (χ3v) is 3.11. The van der Waals surface area contributed by atoms with E-state index in [1.54, 1.807) is 11.2 Å². The summed E-state index contributed by atoms with van der Waals surface area (Å²) in [5.74, 6) is 0. The number of nitrogens with zero attached hydrogens (tertiary/aromatic N) is 3. The Bertz CT molecular complexity index is 565. The van der Waals surface area contributed by atoms with E-state index in [-0.39, 0.29) is 0 Å². The first-order valence-electron chi connectivity index (χ1n) is 6.66. The first-order chi connectivity index (χ1) is 9.45. The SMILES string of the molecule is C=C(/C=C\C(C)=C/C)N(C)/N=C(\C)c1cccnc1C. The third-order valence-electron chi connectivity index (χ3n) is 3.11. The van der Waals surface area contributed by atoms with Gasteiger partial charge in [0.1, 0.15) is 0 Å². The molecular weight excluding hydrogens is 246 g/mol. The second kappa shape index (κ2) is 7.43. The van der Waals surface area contributed by atoms with Gasteiger partial charge in [0.05, 0.1) is 11.4 Å². The van der Waals surface area contributed by atoms with Crippen LogP contribution < -0.4 is 0 Å². The fourth-order valence-corrected chi connectivity index (χ4v) is 1.64. The zero-order valence-corrected chi connectivity index (χ0v) is 13.0. The molecule has 0 atom stereocenters. The van der Waals surface area contributed by atoms with Gasteiger partial charge in [0.25, 0.3) is 0 Å². The Kier molecular flexibility index (Phi) is 5.91. The number of hydrogen-bond donors (Lipinski definition) is 0. The molecule has 0 fully saturated rings. The van der Waals surface area contributed by atoms with Crippen LogP contribution >= 0.6 is 0 Å². The van der Waals surface area contributed by atoms with Gasteiger partial charge in [-0.25, -0.2) is 0 Å². The number of aryl methyl sites for hydroxylation is 1. The fraction of sp³-hybridized carbons (Fsp3) is 0.294. The lowest BCUT2D eigenvalue weighted by molar-refractivity contribution is 0.463. The predicted octanol–water partition coefficient (Wildman–Crippen LogP) is 4.08. The molecule has 0 spiro atoms.